The van der Waals surface area contributed by atoms with Crippen molar-refractivity contribution in [3.63, 3.8) is 0 Å². The fraction of sp³-hybridized carbons (Fsp3) is 0.400. The van der Waals surface area contributed by atoms with Crippen molar-refractivity contribution >= 4 is 11.8 Å². The van der Waals surface area contributed by atoms with E-state index in [4.69, 9.17) is 5.73 Å². The molecule has 2 aliphatic rings. The van der Waals surface area contributed by atoms with Crippen LogP contribution in [0, 0.1) is 0 Å². The summed E-state index contributed by atoms with van der Waals surface area (Å²) in [5.41, 5.74) is 9.75. The first kappa shape index (κ1) is 16.2. The number of aromatic nitrogens is 5. The minimum Gasteiger partial charge on any atom is -0.368 e. The van der Waals surface area contributed by atoms with Crippen LogP contribution in [-0.2, 0) is 5.41 Å². The third kappa shape index (κ3) is 2.74. The fourth-order valence-electron chi connectivity index (χ4n) is 4.23. The molecule has 1 aliphatic carbocycles. The molecule has 7 heteroatoms. The van der Waals surface area contributed by atoms with Gasteiger partial charge in [-0.25, -0.2) is 9.97 Å². The van der Waals surface area contributed by atoms with Gasteiger partial charge in [-0.15, -0.1) is 0 Å². The summed E-state index contributed by atoms with van der Waals surface area (Å²) in [6.07, 6.45) is 11.4. The average Bonchev–Trinajstić information content (AvgIpc) is 3.34. The second kappa shape index (κ2) is 6.33. The molecule has 0 unspecified atom stereocenters. The van der Waals surface area contributed by atoms with Gasteiger partial charge in [0.25, 0.3) is 0 Å². The molecule has 0 aromatic carbocycles. The minimum absolute atomic E-state index is 0.00806. The number of nitrogen functional groups attached to an aromatic ring is 1. The normalized spacial score (nSPS) is 18.4. The molecule has 0 atom stereocenters. The van der Waals surface area contributed by atoms with Crippen LogP contribution in [0.3, 0.4) is 0 Å². The van der Waals surface area contributed by atoms with Crippen LogP contribution >= 0.6 is 0 Å². The maximum absolute atomic E-state index is 5.57. The fourth-order valence-corrected chi connectivity index (χ4v) is 4.23. The summed E-state index contributed by atoms with van der Waals surface area (Å²) in [6, 6.07) is 6.46. The van der Waals surface area contributed by atoms with Gasteiger partial charge in [0.2, 0.25) is 5.95 Å². The summed E-state index contributed by atoms with van der Waals surface area (Å²) >= 11 is 0. The van der Waals surface area contributed by atoms with E-state index >= 15 is 0 Å². The van der Waals surface area contributed by atoms with Crippen LogP contribution in [0.1, 0.15) is 43.4 Å². The van der Waals surface area contributed by atoms with Crippen LogP contribution in [0.5, 0.6) is 0 Å². The van der Waals surface area contributed by atoms with E-state index in [1.54, 1.807) is 12.4 Å². The number of pyridine rings is 1. The Kier molecular flexibility index (Phi) is 3.81. The van der Waals surface area contributed by atoms with Crippen molar-refractivity contribution < 1.29 is 0 Å². The quantitative estimate of drug-likeness (QED) is 0.742. The van der Waals surface area contributed by atoms with E-state index in [1.807, 2.05) is 12.3 Å². The number of anilines is 2. The van der Waals surface area contributed by atoms with Gasteiger partial charge in [-0.3, -0.25) is 10.1 Å². The summed E-state index contributed by atoms with van der Waals surface area (Å²) in [5, 5.41) is 7.92. The lowest BCUT2D eigenvalue weighted by atomic mass is 9.63. The van der Waals surface area contributed by atoms with Crippen molar-refractivity contribution in [3.05, 3.63) is 48.0 Å². The van der Waals surface area contributed by atoms with Crippen molar-refractivity contribution in [1.29, 1.82) is 0 Å². The van der Waals surface area contributed by atoms with Crippen LogP contribution in [-0.4, -0.2) is 38.2 Å². The van der Waals surface area contributed by atoms with Crippen molar-refractivity contribution in [2.45, 2.75) is 37.5 Å². The van der Waals surface area contributed by atoms with E-state index in [0.29, 0.717) is 0 Å². The Morgan fingerprint density at radius 1 is 0.963 bits per heavy atom. The lowest BCUT2D eigenvalue weighted by molar-refractivity contribution is 0.292. The molecule has 7 nitrogen and oxygen atoms in total. The van der Waals surface area contributed by atoms with Gasteiger partial charge >= 0.3 is 0 Å². The maximum atomic E-state index is 5.57. The maximum Gasteiger partial charge on any atom is 0.219 e. The topological polar surface area (TPSA) is 96.6 Å². The number of nitrogens with one attached hydrogen (secondary N) is 1. The van der Waals surface area contributed by atoms with Crippen molar-refractivity contribution in [1.82, 2.24) is 25.1 Å². The first-order chi connectivity index (χ1) is 13.2. The predicted molar refractivity (Wildman–Crippen MR) is 104 cm³/mol. The summed E-state index contributed by atoms with van der Waals surface area (Å²) in [4.78, 5) is 15.1. The van der Waals surface area contributed by atoms with Crippen LogP contribution in [0.15, 0.2) is 36.8 Å². The molecule has 1 saturated heterocycles. The number of nitrogens with two attached hydrogens (primary N) is 1. The van der Waals surface area contributed by atoms with E-state index in [9.17, 15) is 0 Å². The SMILES string of the molecule is Nc1ncc(-c2ccc(C3(c4cc(N5CCCC5)n[nH]4)CCC3)cn2)cn1. The Balaban J connectivity index is 1.44. The zero-order chi connectivity index (χ0) is 18.3. The number of nitrogens with zero attached hydrogens (tertiary/aromatic N) is 5. The number of H-pyrrole nitrogens is 1. The van der Waals surface area contributed by atoms with E-state index in [2.05, 4.69) is 42.2 Å². The molecule has 0 radical (unpaired) electrons. The van der Waals surface area contributed by atoms with E-state index in [1.165, 1.54) is 30.5 Å². The predicted octanol–water partition coefficient (Wildman–Crippen LogP) is 2.91. The van der Waals surface area contributed by atoms with E-state index in [0.717, 1.165) is 43.0 Å². The van der Waals surface area contributed by atoms with Crippen LogP contribution in [0.25, 0.3) is 11.3 Å². The molecular weight excluding hydrogens is 338 g/mol. The average molecular weight is 361 g/mol. The zero-order valence-electron chi connectivity index (χ0n) is 15.2. The second-order valence-electron chi connectivity index (χ2n) is 7.53. The van der Waals surface area contributed by atoms with Gasteiger partial charge < -0.3 is 10.6 Å². The molecule has 0 amide bonds. The number of aromatic amines is 1. The molecular formula is C20H23N7. The minimum atomic E-state index is 0.00806. The van der Waals surface area contributed by atoms with Crippen LogP contribution in [0.2, 0.25) is 0 Å². The van der Waals surface area contributed by atoms with Crippen LogP contribution < -0.4 is 10.6 Å². The highest BCUT2D eigenvalue weighted by molar-refractivity contribution is 5.58. The van der Waals surface area contributed by atoms with Gasteiger partial charge in [-0.05, 0) is 37.3 Å². The van der Waals surface area contributed by atoms with Crippen LogP contribution in [0.4, 0.5) is 11.8 Å². The Hall–Kier alpha value is -2.96. The molecule has 2 fully saturated rings. The van der Waals surface area contributed by atoms with Crippen molar-refractivity contribution in [3.8, 4) is 11.3 Å². The first-order valence-electron chi connectivity index (χ1n) is 9.60. The smallest absolute Gasteiger partial charge is 0.219 e. The molecule has 0 spiro atoms. The molecule has 3 aromatic heterocycles. The van der Waals surface area contributed by atoms with Gasteiger partial charge in [-0.1, -0.05) is 12.5 Å². The largest absolute Gasteiger partial charge is 0.368 e. The number of hydrogen-bond donors (Lipinski definition) is 2. The van der Waals surface area contributed by atoms with Gasteiger partial charge in [-0.2, -0.15) is 5.10 Å². The highest BCUT2D eigenvalue weighted by atomic mass is 15.3. The highest BCUT2D eigenvalue weighted by Gasteiger charge is 2.42. The van der Waals surface area contributed by atoms with Crippen molar-refractivity contribution in [2.75, 3.05) is 23.7 Å². The second-order valence-corrected chi connectivity index (χ2v) is 7.53. The molecule has 138 valence electrons. The van der Waals surface area contributed by atoms with Gasteiger partial charge in [0.1, 0.15) is 0 Å². The monoisotopic (exact) mass is 361 g/mol. The molecule has 1 saturated carbocycles. The molecule has 27 heavy (non-hydrogen) atoms. The zero-order valence-corrected chi connectivity index (χ0v) is 15.2. The van der Waals surface area contributed by atoms with Gasteiger partial charge in [0.05, 0.1) is 5.69 Å². The Morgan fingerprint density at radius 3 is 2.37 bits per heavy atom. The van der Waals surface area contributed by atoms with Gasteiger partial charge in [0, 0.05) is 54.4 Å². The highest BCUT2D eigenvalue weighted by Crippen LogP contribution is 2.48. The Morgan fingerprint density at radius 2 is 1.74 bits per heavy atom. The molecule has 3 N–H and O–H groups in total. The summed E-state index contributed by atoms with van der Waals surface area (Å²) in [6.45, 7) is 2.22. The standard InChI is InChI=1S/C20H23N7/c21-19-23-11-14(12-24-19)16-5-4-15(13-22-16)20(6-3-7-20)17-10-18(26-25-17)27-8-1-2-9-27/h4-5,10-13H,1-3,6-9H2,(H,25,26)(H2,21,23,24). The number of hydrogen-bond acceptors (Lipinski definition) is 6. The Bertz CT molecular complexity index is 920. The van der Waals surface area contributed by atoms with E-state index < -0.39 is 0 Å². The molecule has 3 aromatic rings. The molecule has 0 bridgehead atoms. The molecule has 5 rings (SSSR count). The number of rotatable bonds is 4. The molecule has 1 aliphatic heterocycles. The summed E-state index contributed by atoms with van der Waals surface area (Å²) in [5.74, 6) is 1.36. The lowest BCUT2D eigenvalue weighted by Gasteiger charge is -2.41. The Labute approximate surface area is 158 Å². The third-order valence-electron chi connectivity index (χ3n) is 6.00. The lowest BCUT2D eigenvalue weighted by Crippen LogP contribution is -2.36. The summed E-state index contributed by atoms with van der Waals surface area (Å²) < 4.78 is 0. The van der Waals surface area contributed by atoms with Crippen molar-refractivity contribution in [2.24, 2.45) is 0 Å². The first-order valence-corrected chi connectivity index (χ1v) is 9.60. The molecule has 4 heterocycles. The van der Waals surface area contributed by atoms with E-state index in [-0.39, 0.29) is 11.4 Å². The summed E-state index contributed by atoms with van der Waals surface area (Å²) in [7, 11) is 0. The van der Waals surface area contributed by atoms with Gasteiger partial charge in [0.15, 0.2) is 5.82 Å². The third-order valence-corrected chi connectivity index (χ3v) is 6.00.